The molecule has 20 heavy (non-hydrogen) atoms. The van der Waals surface area contributed by atoms with Crippen molar-refractivity contribution in [1.82, 2.24) is 0 Å². The number of aliphatic imine (C=N–C) groups is 1. The van der Waals surface area contributed by atoms with E-state index in [2.05, 4.69) is 68.0 Å². The van der Waals surface area contributed by atoms with Gasteiger partial charge in [-0.2, -0.15) is 11.2 Å². The highest BCUT2D eigenvalue weighted by Crippen LogP contribution is 2.29. The molecule has 0 aromatic heterocycles. The van der Waals surface area contributed by atoms with Crippen molar-refractivity contribution < 1.29 is 0 Å². The van der Waals surface area contributed by atoms with E-state index in [0.29, 0.717) is 0 Å². The zero-order valence-corrected chi connectivity index (χ0v) is 14.4. The summed E-state index contributed by atoms with van der Waals surface area (Å²) in [6.07, 6.45) is 1.95. The van der Waals surface area contributed by atoms with Crippen LogP contribution in [0.4, 0.5) is 5.69 Å². The van der Waals surface area contributed by atoms with Crippen LogP contribution < -0.4 is 0 Å². The zero-order chi connectivity index (χ0) is 14.6. The molecule has 0 unspecified atom stereocenters. The van der Waals surface area contributed by atoms with Gasteiger partial charge in [0, 0.05) is 11.1 Å². The molecule has 0 atom stereocenters. The Hall–Kier alpha value is -1.32. The molecule has 0 amide bonds. The van der Waals surface area contributed by atoms with Crippen LogP contribution in [0.2, 0.25) is 19.6 Å². The molecule has 0 bridgehead atoms. The van der Waals surface area contributed by atoms with Gasteiger partial charge in [-0.1, -0.05) is 43.9 Å². The fourth-order valence-corrected chi connectivity index (χ4v) is 5.42. The second-order valence-electron chi connectivity index (χ2n) is 5.88. The van der Waals surface area contributed by atoms with Gasteiger partial charge in [-0.05, 0) is 42.3 Å². The SMILES string of the molecule is Cc1cccc(/N=C\c2cccc(S[Si](C)(C)C)c2)c1. The minimum absolute atomic E-state index is 1.01. The van der Waals surface area contributed by atoms with Crippen LogP contribution in [0.3, 0.4) is 0 Å². The van der Waals surface area contributed by atoms with Gasteiger partial charge in [-0.15, -0.1) is 0 Å². The summed E-state index contributed by atoms with van der Waals surface area (Å²) in [5.41, 5.74) is 3.41. The van der Waals surface area contributed by atoms with Gasteiger partial charge in [-0.25, -0.2) is 0 Å². The Balaban J connectivity index is 2.15. The summed E-state index contributed by atoms with van der Waals surface area (Å²) in [6.45, 7) is 9.19. The monoisotopic (exact) mass is 299 g/mol. The van der Waals surface area contributed by atoms with Crippen molar-refractivity contribution >= 4 is 30.3 Å². The lowest BCUT2D eigenvalue weighted by molar-refractivity contribution is 1.42. The molecule has 0 aliphatic heterocycles. The molecule has 0 saturated heterocycles. The van der Waals surface area contributed by atoms with Crippen LogP contribution in [-0.2, 0) is 0 Å². The van der Waals surface area contributed by atoms with Crippen molar-refractivity contribution in [2.45, 2.75) is 31.5 Å². The van der Waals surface area contributed by atoms with Crippen LogP contribution in [-0.4, -0.2) is 13.4 Å². The quantitative estimate of drug-likeness (QED) is 0.523. The van der Waals surface area contributed by atoms with E-state index in [4.69, 9.17) is 0 Å². The normalized spacial score (nSPS) is 12.0. The van der Waals surface area contributed by atoms with Gasteiger partial charge >= 0.3 is 0 Å². The van der Waals surface area contributed by atoms with E-state index in [1.165, 1.54) is 10.5 Å². The van der Waals surface area contributed by atoms with Gasteiger partial charge in [0.2, 0.25) is 0 Å². The third-order valence-corrected chi connectivity index (χ3v) is 6.29. The molecule has 0 radical (unpaired) electrons. The maximum Gasteiger partial charge on any atom is 0.114 e. The van der Waals surface area contributed by atoms with E-state index in [0.717, 1.165) is 11.3 Å². The summed E-state index contributed by atoms with van der Waals surface area (Å²) in [5.74, 6) is 0. The number of aryl methyl sites for hydroxylation is 1. The highest BCUT2D eigenvalue weighted by Gasteiger charge is 2.14. The van der Waals surface area contributed by atoms with Crippen molar-refractivity contribution in [3.8, 4) is 0 Å². The molecule has 0 aliphatic rings. The van der Waals surface area contributed by atoms with Crippen LogP contribution in [0.5, 0.6) is 0 Å². The Morgan fingerprint density at radius 1 is 1.00 bits per heavy atom. The molecule has 1 nitrogen and oxygen atoms in total. The molecule has 0 fully saturated rings. The molecular formula is C17H21NSSi. The summed E-state index contributed by atoms with van der Waals surface area (Å²) >= 11 is 2.02. The van der Waals surface area contributed by atoms with Gasteiger partial charge in [0.15, 0.2) is 0 Å². The van der Waals surface area contributed by atoms with E-state index < -0.39 is 7.22 Å². The predicted octanol–water partition coefficient (Wildman–Crippen LogP) is 5.67. The fraction of sp³-hybridized carbons (Fsp3) is 0.235. The first kappa shape index (κ1) is 15.1. The standard InChI is InChI=1S/C17H21NSSi/c1-14-7-5-9-16(11-14)18-13-15-8-6-10-17(12-15)19-20(2,3)4/h5-13H,1-4H3/b18-13-. The highest BCUT2D eigenvalue weighted by atomic mass is 32.4. The van der Waals surface area contributed by atoms with Gasteiger partial charge in [-0.3, -0.25) is 4.99 Å². The molecule has 0 saturated carbocycles. The molecule has 2 aromatic carbocycles. The van der Waals surface area contributed by atoms with Gasteiger partial charge < -0.3 is 0 Å². The molecule has 2 aromatic rings. The lowest BCUT2D eigenvalue weighted by Gasteiger charge is -2.15. The van der Waals surface area contributed by atoms with E-state index in [1.807, 2.05) is 29.6 Å². The second kappa shape index (κ2) is 6.42. The topological polar surface area (TPSA) is 12.4 Å². The summed E-state index contributed by atoms with van der Waals surface area (Å²) in [5, 5.41) is 0. The zero-order valence-electron chi connectivity index (χ0n) is 12.6. The minimum atomic E-state index is -1.14. The Morgan fingerprint density at radius 3 is 2.45 bits per heavy atom. The molecule has 0 aliphatic carbocycles. The Bertz CT molecular complexity index is 614. The fourth-order valence-electron chi connectivity index (χ4n) is 1.87. The molecule has 104 valence electrons. The molecule has 0 spiro atoms. The van der Waals surface area contributed by atoms with Gasteiger partial charge in [0.25, 0.3) is 0 Å². The first-order valence-corrected chi connectivity index (χ1v) is 11.9. The largest absolute Gasteiger partial charge is 0.256 e. The van der Waals surface area contributed by atoms with E-state index in [-0.39, 0.29) is 0 Å². The molecular weight excluding hydrogens is 278 g/mol. The average molecular weight is 300 g/mol. The highest BCUT2D eigenvalue weighted by molar-refractivity contribution is 8.28. The number of hydrogen-bond acceptors (Lipinski definition) is 2. The van der Waals surface area contributed by atoms with Crippen LogP contribution in [0.15, 0.2) is 58.4 Å². The second-order valence-corrected chi connectivity index (χ2v) is 15.1. The van der Waals surface area contributed by atoms with Crippen molar-refractivity contribution in [2.75, 3.05) is 0 Å². The third kappa shape index (κ3) is 4.98. The molecule has 2 rings (SSSR count). The maximum absolute atomic E-state index is 4.55. The van der Waals surface area contributed by atoms with Crippen molar-refractivity contribution in [1.29, 1.82) is 0 Å². The lowest BCUT2D eigenvalue weighted by Crippen LogP contribution is -2.13. The predicted molar refractivity (Wildman–Crippen MR) is 94.1 cm³/mol. The summed E-state index contributed by atoms with van der Waals surface area (Å²) < 4.78 is 0. The van der Waals surface area contributed by atoms with Crippen LogP contribution in [0.1, 0.15) is 11.1 Å². The molecule has 3 heteroatoms. The van der Waals surface area contributed by atoms with Crippen LogP contribution >= 0.6 is 11.2 Å². The summed E-state index contributed by atoms with van der Waals surface area (Å²) in [4.78, 5) is 5.90. The number of benzene rings is 2. The van der Waals surface area contributed by atoms with Crippen molar-refractivity contribution in [3.05, 3.63) is 59.7 Å². The van der Waals surface area contributed by atoms with Crippen molar-refractivity contribution in [2.24, 2.45) is 4.99 Å². The molecule has 0 N–H and O–H groups in total. The van der Waals surface area contributed by atoms with Gasteiger partial charge in [0.05, 0.1) is 5.69 Å². The Morgan fingerprint density at radius 2 is 1.75 bits per heavy atom. The number of rotatable bonds is 4. The van der Waals surface area contributed by atoms with Crippen molar-refractivity contribution in [3.63, 3.8) is 0 Å². The van der Waals surface area contributed by atoms with Crippen LogP contribution in [0.25, 0.3) is 0 Å². The smallest absolute Gasteiger partial charge is 0.114 e. The lowest BCUT2D eigenvalue weighted by atomic mass is 10.2. The van der Waals surface area contributed by atoms with E-state index in [9.17, 15) is 0 Å². The minimum Gasteiger partial charge on any atom is -0.256 e. The first-order chi connectivity index (χ1) is 9.42. The summed E-state index contributed by atoms with van der Waals surface area (Å²) in [6, 6.07) is 16.9. The van der Waals surface area contributed by atoms with Gasteiger partial charge in [0.1, 0.15) is 7.22 Å². The summed E-state index contributed by atoms with van der Waals surface area (Å²) in [7, 11) is -1.14. The van der Waals surface area contributed by atoms with E-state index in [1.54, 1.807) is 0 Å². The first-order valence-electron chi connectivity index (χ1n) is 6.82. The molecule has 0 heterocycles. The maximum atomic E-state index is 4.55. The van der Waals surface area contributed by atoms with Crippen LogP contribution in [0, 0.1) is 6.92 Å². The number of nitrogens with zero attached hydrogens (tertiary/aromatic N) is 1. The van der Waals surface area contributed by atoms with E-state index >= 15 is 0 Å². The third-order valence-electron chi connectivity index (χ3n) is 2.65. The Kier molecular flexibility index (Phi) is 4.84. The number of hydrogen-bond donors (Lipinski definition) is 0. The Labute approximate surface area is 126 Å². The average Bonchev–Trinajstić information content (AvgIpc) is 2.35.